The molecule has 0 spiro atoms. The maximum Gasteiger partial charge on any atom is 0.225 e. The maximum atomic E-state index is 12.8. The molecule has 0 unspecified atom stereocenters. The van der Waals surface area contributed by atoms with Gasteiger partial charge in [0.1, 0.15) is 0 Å². The number of rotatable bonds is 3. The summed E-state index contributed by atoms with van der Waals surface area (Å²) in [5, 5.41) is 0.785. The summed E-state index contributed by atoms with van der Waals surface area (Å²) in [5.74, 6) is 0.620. The van der Waals surface area contributed by atoms with Crippen molar-refractivity contribution in [3.05, 3.63) is 34.9 Å². The molecule has 0 radical (unpaired) electrons. The van der Waals surface area contributed by atoms with Gasteiger partial charge in [-0.25, -0.2) is 0 Å². The predicted molar refractivity (Wildman–Crippen MR) is 99.0 cm³/mol. The van der Waals surface area contributed by atoms with E-state index in [0.29, 0.717) is 5.91 Å². The first-order valence-electron chi connectivity index (χ1n) is 9.19. The summed E-state index contributed by atoms with van der Waals surface area (Å²) >= 11 is 5.95. The summed E-state index contributed by atoms with van der Waals surface area (Å²) in [7, 11) is 0. The van der Waals surface area contributed by atoms with Gasteiger partial charge in [-0.3, -0.25) is 9.69 Å². The highest BCUT2D eigenvalue weighted by Gasteiger charge is 2.33. The van der Waals surface area contributed by atoms with E-state index in [2.05, 4.69) is 35.8 Å². The third-order valence-corrected chi connectivity index (χ3v) is 5.72. The summed E-state index contributed by atoms with van der Waals surface area (Å²) < 4.78 is 0. The van der Waals surface area contributed by atoms with Crippen LogP contribution in [0.4, 0.5) is 0 Å². The van der Waals surface area contributed by atoms with Gasteiger partial charge >= 0.3 is 0 Å². The van der Waals surface area contributed by atoms with Crippen molar-refractivity contribution in [2.75, 3.05) is 26.2 Å². The van der Waals surface area contributed by atoms with Crippen molar-refractivity contribution in [1.29, 1.82) is 0 Å². The number of amides is 1. The first kappa shape index (κ1) is 17.8. The van der Waals surface area contributed by atoms with Crippen molar-refractivity contribution in [1.82, 2.24) is 9.80 Å². The largest absolute Gasteiger partial charge is 0.342 e. The summed E-state index contributed by atoms with van der Waals surface area (Å²) in [6.45, 7) is 9.41. The van der Waals surface area contributed by atoms with Crippen LogP contribution in [-0.4, -0.2) is 41.9 Å². The van der Waals surface area contributed by atoms with Crippen LogP contribution < -0.4 is 0 Å². The molecule has 24 heavy (non-hydrogen) atoms. The van der Waals surface area contributed by atoms with Crippen LogP contribution in [0.25, 0.3) is 0 Å². The molecular formula is C20H29ClN2O. The molecule has 0 bridgehead atoms. The topological polar surface area (TPSA) is 23.6 Å². The van der Waals surface area contributed by atoms with E-state index in [9.17, 15) is 4.79 Å². The van der Waals surface area contributed by atoms with E-state index in [1.807, 2.05) is 12.1 Å². The van der Waals surface area contributed by atoms with Gasteiger partial charge in [0.25, 0.3) is 0 Å². The summed E-state index contributed by atoms with van der Waals surface area (Å²) in [6, 6.07) is 8.08. The Morgan fingerprint density at radius 2 is 1.83 bits per heavy atom. The Balaban J connectivity index is 1.49. The molecule has 4 heteroatoms. The van der Waals surface area contributed by atoms with Crippen molar-refractivity contribution < 1.29 is 4.79 Å². The molecule has 1 aromatic carbocycles. The van der Waals surface area contributed by atoms with Crippen LogP contribution in [0.2, 0.25) is 5.02 Å². The SMILES string of the molecule is CC1(C)CCCN(C(=O)C2CCN(Cc3ccc(Cl)cc3)CC2)C1. The molecule has 0 saturated carbocycles. The van der Waals surface area contributed by atoms with Crippen LogP contribution in [0.1, 0.15) is 45.1 Å². The molecule has 0 aromatic heterocycles. The van der Waals surface area contributed by atoms with Gasteiger partial charge in [-0.05, 0) is 61.9 Å². The van der Waals surface area contributed by atoms with Crippen LogP contribution >= 0.6 is 11.6 Å². The van der Waals surface area contributed by atoms with Crippen molar-refractivity contribution >= 4 is 17.5 Å². The summed E-state index contributed by atoms with van der Waals surface area (Å²) in [6.07, 6.45) is 4.36. The third kappa shape index (κ3) is 4.52. The fourth-order valence-corrected chi connectivity index (χ4v) is 4.18. The van der Waals surface area contributed by atoms with E-state index in [4.69, 9.17) is 11.6 Å². The van der Waals surface area contributed by atoms with Gasteiger partial charge in [-0.15, -0.1) is 0 Å². The maximum absolute atomic E-state index is 12.8. The van der Waals surface area contributed by atoms with Crippen molar-refractivity contribution in [3.63, 3.8) is 0 Å². The van der Waals surface area contributed by atoms with Gasteiger partial charge in [0, 0.05) is 30.6 Å². The number of carbonyl (C=O) groups excluding carboxylic acids is 1. The minimum absolute atomic E-state index is 0.223. The smallest absolute Gasteiger partial charge is 0.225 e. The molecule has 0 atom stereocenters. The number of halogens is 1. The average Bonchev–Trinajstić information content (AvgIpc) is 2.56. The monoisotopic (exact) mass is 348 g/mol. The molecule has 0 N–H and O–H groups in total. The normalized spacial score (nSPS) is 22.5. The number of carbonyl (C=O) groups is 1. The van der Waals surface area contributed by atoms with Gasteiger partial charge in [0.15, 0.2) is 0 Å². The standard InChI is InChI=1S/C20H29ClN2O/c1-20(2)10-3-11-23(15-20)19(24)17-8-12-22(13-9-17)14-16-4-6-18(21)7-5-16/h4-7,17H,3,8-15H2,1-2H3. The first-order valence-corrected chi connectivity index (χ1v) is 9.56. The summed E-state index contributed by atoms with van der Waals surface area (Å²) in [5.41, 5.74) is 1.57. The first-order chi connectivity index (χ1) is 11.4. The molecule has 2 saturated heterocycles. The van der Waals surface area contributed by atoms with E-state index >= 15 is 0 Å². The number of piperidine rings is 2. The number of hydrogen-bond donors (Lipinski definition) is 0. The zero-order valence-electron chi connectivity index (χ0n) is 14.9. The Labute approximate surface area is 151 Å². The highest BCUT2D eigenvalue weighted by Crippen LogP contribution is 2.30. The second kappa shape index (κ2) is 7.45. The summed E-state index contributed by atoms with van der Waals surface area (Å²) in [4.78, 5) is 17.4. The lowest BCUT2D eigenvalue weighted by molar-refractivity contribution is -0.140. The quantitative estimate of drug-likeness (QED) is 0.817. The van der Waals surface area contributed by atoms with Crippen molar-refractivity contribution in [2.45, 2.75) is 46.1 Å². The third-order valence-electron chi connectivity index (χ3n) is 5.47. The van der Waals surface area contributed by atoms with Gasteiger partial charge in [0.2, 0.25) is 5.91 Å². The molecular weight excluding hydrogens is 320 g/mol. The second-order valence-electron chi connectivity index (χ2n) is 8.20. The number of benzene rings is 1. The molecule has 2 heterocycles. The lowest BCUT2D eigenvalue weighted by Crippen LogP contribution is -2.48. The van der Waals surface area contributed by atoms with Gasteiger partial charge in [-0.2, -0.15) is 0 Å². The zero-order valence-corrected chi connectivity index (χ0v) is 15.7. The number of hydrogen-bond acceptors (Lipinski definition) is 2. The number of nitrogens with zero attached hydrogens (tertiary/aromatic N) is 2. The lowest BCUT2D eigenvalue weighted by Gasteiger charge is -2.41. The molecule has 1 amide bonds. The Morgan fingerprint density at radius 3 is 2.46 bits per heavy atom. The lowest BCUT2D eigenvalue weighted by atomic mass is 9.83. The molecule has 1 aromatic rings. The van der Waals surface area contributed by atoms with E-state index in [1.165, 1.54) is 12.0 Å². The zero-order chi connectivity index (χ0) is 17.2. The minimum atomic E-state index is 0.223. The minimum Gasteiger partial charge on any atom is -0.342 e. The van der Waals surface area contributed by atoms with E-state index in [1.54, 1.807) is 0 Å². The molecule has 132 valence electrons. The van der Waals surface area contributed by atoms with Crippen molar-refractivity contribution in [2.24, 2.45) is 11.3 Å². The predicted octanol–water partition coefficient (Wildman–Crippen LogP) is 4.20. The Hall–Kier alpha value is -1.06. The van der Waals surface area contributed by atoms with E-state index in [0.717, 1.165) is 57.0 Å². The van der Waals surface area contributed by atoms with Crippen LogP contribution in [0, 0.1) is 11.3 Å². The average molecular weight is 349 g/mol. The number of likely N-dealkylation sites (tertiary alicyclic amines) is 2. The second-order valence-corrected chi connectivity index (χ2v) is 8.64. The van der Waals surface area contributed by atoms with Gasteiger partial charge < -0.3 is 4.90 Å². The van der Waals surface area contributed by atoms with Crippen molar-refractivity contribution in [3.8, 4) is 0 Å². The molecule has 3 nitrogen and oxygen atoms in total. The van der Waals surface area contributed by atoms with E-state index in [-0.39, 0.29) is 11.3 Å². The highest BCUT2D eigenvalue weighted by molar-refractivity contribution is 6.30. The molecule has 2 fully saturated rings. The van der Waals surface area contributed by atoms with E-state index < -0.39 is 0 Å². The molecule has 2 aliphatic rings. The fraction of sp³-hybridized carbons (Fsp3) is 0.650. The molecule has 3 rings (SSSR count). The molecule has 0 aliphatic carbocycles. The Morgan fingerprint density at radius 1 is 1.17 bits per heavy atom. The van der Waals surface area contributed by atoms with Crippen LogP contribution in [0.3, 0.4) is 0 Å². The Bertz CT molecular complexity index is 562. The van der Waals surface area contributed by atoms with Crippen LogP contribution in [-0.2, 0) is 11.3 Å². The van der Waals surface area contributed by atoms with Crippen LogP contribution in [0.5, 0.6) is 0 Å². The Kier molecular flexibility index (Phi) is 5.51. The van der Waals surface area contributed by atoms with Crippen LogP contribution in [0.15, 0.2) is 24.3 Å². The van der Waals surface area contributed by atoms with Gasteiger partial charge in [0.05, 0.1) is 0 Å². The molecule has 2 aliphatic heterocycles. The van der Waals surface area contributed by atoms with Gasteiger partial charge in [-0.1, -0.05) is 37.6 Å². The fourth-order valence-electron chi connectivity index (χ4n) is 4.06. The highest BCUT2D eigenvalue weighted by atomic mass is 35.5.